The Hall–Kier alpha value is -2.91. The van der Waals surface area contributed by atoms with Crippen LogP contribution in [0.2, 0.25) is 5.02 Å². The molecule has 0 spiro atoms. The van der Waals surface area contributed by atoms with Crippen LogP contribution in [0, 0.1) is 11.3 Å². The quantitative estimate of drug-likeness (QED) is 0.791. The molecule has 6 nitrogen and oxygen atoms in total. The number of carbonyl (C=O) groups excluding carboxylic acids is 1. The summed E-state index contributed by atoms with van der Waals surface area (Å²) >= 11 is 6.05. The van der Waals surface area contributed by atoms with Crippen molar-refractivity contribution >= 4 is 23.2 Å². The predicted octanol–water partition coefficient (Wildman–Crippen LogP) is 2.95. The fraction of sp³-hybridized carbons (Fsp3) is 0.300. The van der Waals surface area contributed by atoms with Crippen molar-refractivity contribution in [2.45, 2.75) is 0 Å². The number of carbonyl (C=O) groups is 1. The van der Waals surface area contributed by atoms with E-state index >= 15 is 0 Å². The molecule has 1 heterocycles. The van der Waals surface area contributed by atoms with E-state index in [1.807, 2.05) is 30.3 Å². The third kappa shape index (κ3) is 4.63. The molecule has 7 heteroatoms. The van der Waals surface area contributed by atoms with Crippen molar-refractivity contribution < 1.29 is 14.3 Å². The normalized spacial score (nSPS) is 13.8. The minimum atomic E-state index is -0.0767. The van der Waals surface area contributed by atoms with E-state index in [4.69, 9.17) is 26.3 Å². The highest BCUT2D eigenvalue weighted by Crippen LogP contribution is 2.28. The Morgan fingerprint density at radius 2 is 1.93 bits per heavy atom. The van der Waals surface area contributed by atoms with Crippen LogP contribution in [-0.2, 0) is 4.79 Å². The zero-order valence-corrected chi connectivity index (χ0v) is 15.8. The van der Waals surface area contributed by atoms with E-state index in [1.165, 1.54) is 7.11 Å². The van der Waals surface area contributed by atoms with Gasteiger partial charge in [0.1, 0.15) is 0 Å². The number of nitrogens with zero attached hydrogens (tertiary/aromatic N) is 3. The molecule has 0 N–H and O–H groups in total. The highest BCUT2D eigenvalue weighted by molar-refractivity contribution is 6.30. The highest BCUT2D eigenvalue weighted by atomic mass is 35.5. The van der Waals surface area contributed by atoms with Crippen LogP contribution in [-0.4, -0.2) is 50.7 Å². The van der Waals surface area contributed by atoms with Gasteiger partial charge in [-0.2, -0.15) is 5.26 Å². The van der Waals surface area contributed by atoms with Crippen molar-refractivity contribution in [1.29, 1.82) is 5.26 Å². The molecule has 27 heavy (non-hydrogen) atoms. The van der Waals surface area contributed by atoms with E-state index in [0.717, 1.165) is 18.8 Å². The van der Waals surface area contributed by atoms with E-state index in [0.29, 0.717) is 35.2 Å². The molecular weight excluding hydrogens is 366 g/mol. The Bertz CT molecular complexity index is 858. The van der Waals surface area contributed by atoms with Crippen LogP contribution in [0.1, 0.15) is 5.56 Å². The standard InChI is InChI=1S/C20H20ClN3O3/c1-26-19-11-15(13-22)5-6-18(19)27-14-20(25)24-9-7-23(8-10-24)17-4-2-3-16(21)12-17/h2-6,11-12H,7-10,14H2,1H3. The second-order valence-corrected chi connectivity index (χ2v) is 6.55. The van der Waals surface area contributed by atoms with Crippen molar-refractivity contribution in [3.8, 4) is 17.6 Å². The van der Waals surface area contributed by atoms with Gasteiger partial charge in [-0.25, -0.2) is 0 Å². The molecule has 2 aromatic rings. The summed E-state index contributed by atoms with van der Waals surface area (Å²) < 4.78 is 10.8. The van der Waals surface area contributed by atoms with Crippen molar-refractivity contribution in [3.05, 3.63) is 53.1 Å². The molecule has 1 amide bonds. The maximum atomic E-state index is 12.5. The Morgan fingerprint density at radius 3 is 2.59 bits per heavy atom. The lowest BCUT2D eigenvalue weighted by Gasteiger charge is -2.36. The first-order valence-electron chi connectivity index (χ1n) is 8.60. The minimum absolute atomic E-state index is 0.0700. The number of anilines is 1. The van der Waals surface area contributed by atoms with E-state index in [1.54, 1.807) is 23.1 Å². The van der Waals surface area contributed by atoms with Gasteiger partial charge >= 0.3 is 0 Å². The van der Waals surface area contributed by atoms with Gasteiger partial charge in [0, 0.05) is 43.0 Å². The Morgan fingerprint density at radius 1 is 1.15 bits per heavy atom. The van der Waals surface area contributed by atoms with Crippen LogP contribution < -0.4 is 14.4 Å². The lowest BCUT2D eigenvalue weighted by atomic mass is 10.2. The molecule has 1 saturated heterocycles. The van der Waals surface area contributed by atoms with Crippen LogP contribution in [0.3, 0.4) is 0 Å². The van der Waals surface area contributed by atoms with Crippen LogP contribution in [0.4, 0.5) is 5.69 Å². The minimum Gasteiger partial charge on any atom is -0.493 e. The van der Waals surface area contributed by atoms with Crippen molar-refractivity contribution in [3.63, 3.8) is 0 Å². The van der Waals surface area contributed by atoms with E-state index in [9.17, 15) is 4.79 Å². The van der Waals surface area contributed by atoms with Gasteiger partial charge in [-0.15, -0.1) is 0 Å². The van der Waals surface area contributed by atoms with Gasteiger partial charge in [0.25, 0.3) is 5.91 Å². The summed E-state index contributed by atoms with van der Waals surface area (Å²) in [5.74, 6) is 0.808. The van der Waals surface area contributed by atoms with Crippen LogP contribution >= 0.6 is 11.6 Å². The van der Waals surface area contributed by atoms with E-state index < -0.39 is 0 Å². The smallest absolute Gasteiger partial charge is 0.260 e. The molecule has 0 aliphatic carbocycles. The van der Waals surface area contributed by atoms with Gasteiger partial charge in [-0.3, -0.25) is 4.79 Å². The first kappa shape index (κ1) is 18.9. The monoisotopic (exact) mass is 385 g/mol. The van der Waals surface area contributed by atoms with Crippen LogP contribution in [0.25, 0.3) is 0 Å². The topological polar surface area (TPSA) is 65.8 Å². The third-order valence-electron chi connectivity index (χ3n) is 4.45. The molecule has 0 atom stereocenters. The SMILES string of the molecule is COc1cc(C#N)ccc1OCC(=O)N1CCN(c2cccc(Cl)c2)CC1. The van der Waals surface area contributed by atoms with Crippen LogP contribution in [0.5, 0.6) is 11.5 Å². The fourth-order valence-electron chi connectivity index (χ4n) is 2.97. The lowest BCUT2D eigenvalue weighted by molar-refractivity contribution is -0.133. The number of nitriles is 1. The average molecular weight is 386 g/mol. The Labute approximate surface area is 163 Å². The molecule has 140 valence electrons. The number of methoxy groups -OCH3 is 1. The molecule has 3 rings (SSSR count). The number of ether oxygens (including phenoxy) is 2. The molecule has 0 saturated carbocycles. The summed E-state index contributed by atoms with van der Waals surface area (Å²) in [7, 11) is 1.50. The first-order valence-corrected chi connectivity index (χ1v) is 8.97. The second-order valence-electron chi connectivity index (χ2n) is 6.11. The number of halogens is 1. The van der Waals surface area contributed by atoms with Crippen molar-refractivity contribution in [2.75, 3.05) is 44.8 Å². The highest BCUT2D eigenvalue weighted by Gasteiger charge is 2.22. The summed E-state index contributed by atoms with van der Waals surface area (Å²) in [6.45, 7) is 2.66. The number of benzene rings is 2. The fourth-order valence-corrected chi connectivity index (χ4v) is 3.16. The van der Waals surface area contributed by atoms with Gasteiger partial charge in [0.05, 0.1) is 18.7 Å². The summed E-state index contributed by atoms with van der Waals surface area (Å²) in [6, 6.07) is 14.6. The molecule has 1 fully saturated rings. The van der Waals surface area contributed by atoms with Gasteiger partial charge in [0.2, 0.25) is 0 Å². The first-order chi connectivity index (χ1) is 13.1. The second kappa shape index (κ2) is 8.65. The maximum Gasteiger partial charge on any atom is 0.260 e. The molecule has 0 aromatic heterocycles. The zero-order chi connectivity index (χ0) is 19.2. The van der Waals surface area contributed by atoms with Crippen LogP contribution in [0.15, 0.2) is 42.5 Å². The van der Waals surface area contributed by atoms with Gasteiger partial charge in [-0.1, -0.05) is 17.7 Å². The van der Waals surface area contributed by atoms with Crippen molar-refractivity contribution in [2.24, 2.45) is 0 Å². The number of rotatable bonds is 5. The molecule has 2 aromatic carbocycles. The maximum absolute atomic E-state index is 12.5. The van der Waals surface area contributed by atoms with Crippen molar-refractivity contribution in [1.82, 2.24) is 4.90 Å². The van der Waals surface area contributed by atoms with E-state index in [-0.39, 0.29) is 12.5 Å². The molecule has 1 aliphatic heterocycles. The summed E-state index contributed by atoms with van der Waals surface area (Å²) in [4.78, 5) is 16.5. The summed E-state index contributed by atoms with van der Waals surface area (Å²) in [5.41, 5.74) is 1.54. The molecule has 1 aliphatic rings. The van der Waals surface area contributed by atoms with Gasteiger partial charge in [0.15, 0.2) is 18.1 Å². The molecular formula is C20H20ClN3O3. The van der Waals surface area contributed by atoms with E-state index in [2.05, 4.69) is 4.90 Å². The molecule has 0 radical (unpaired) electrons. The summed E-state index contributed by atoms with van der Waals surface area (Å²) in [5, 5.41) is 9.64. The zero-order valence-electron chi connectivity index (χ0n) is 15.0. The third-order valence-corrected chi connectivity index (χ3v) is 4.68. The van der Waals surface area contributed by atoms with Gasteiger partial charge in [-0.05, 0) is 30.3 Å². The lowest BCUT2D eigenvalue weighted by Crippen LogP contribution is -2.50. The Balaban J connectivity index is 1.54. The largest absolute Gasteiger partial charge is 0.493 e. The van der Waals surface area contributed by atoms with Gasteiger partial charge < -0.3 is 19.3 Å². The predicted molar refractivity (Wildman–Crippen MR) is 103 cm³/mol. The number of hydrogen-bond donors (Lipinski definition) is 0. The summed E-state index contributed by atoms with van der Waals surface area (Å²) in [6.07, 6.45) is 0. The molecule has 0 bridgehead atoms. The number of piperazine rings is 1. The molecule has 0 unspecified atom stereocenters. The number of amides is 1. The number of hydrogen-bond acceptors (Lipinski definition) is 5. The average Bonchev–Trinajstić information content (AvgIpc) is 2.72. The Kier molecular flexibility index (Phi) is 6.05.